The molecular formula is C18H17Cl2N5O2. The Hall–Kier alpha value is -2.64. The Morgan fingerprint density at radius 2 is 2.04 bits per heavy atom. The number of carbonyl (C=O) groups excluding carboxylic acids is 2. The Morgan fingerprint density at radius 3 is 2.70 bits per heavy atom. The largest absolute Gasteiger partial charge is 0.364 e. The fourth-order valence-electron chi connectivity index (χ4n) is 2.63. The van der Waals surface area contributed by atoms with Crippen LogP contribution in [0.25, 0.3) is 5.65 Å². The second kappa shape index (κ2) is 7.94. The molecule has 3 rings (SSSR count). The molecule has 0 atom stereocenters. The van der Waals surface area contributed by atoms with Gasteiger partial charge in [0.1, 0.15) is 12.1 Å². The molecule has 0 aliphatic carbocycles. The molecule has 7 nitrogen and oxygen atoms in total. The Morgan fingerprint density at radius 1 is 1.26 bits per heavy atom. The number of amides is 2. The molecule has 0 aliphatic heterocycles. The third-order valence-corrected chi connectivity index (χ3v) is 4.54. The Labute approximate surface area is 165 Å². The summed E-state index contributed by atoms with van der Waals surface area (Å²) >= 11 is 12.0. The fourth-order valence-corrected chi connectivity index (χ4v) is 3.13. The molecular weight excluding hydrogens is 389 g/mol. The van der Waals surface area contributed by atoms with Crippen LogP contribution in [-0.4, -0.2) is 26.2 Å². The number of hydrogen-bond acceptors (Lipinski definition) is 4. The number of rotatable bonds is 6. The lowest BCUT2D eigenvalue weighted by Gasteiger charge is -2.11. The van der Waals surface area contributed by atoms with Crippen molar-refractivity contribution in [1.82, 2.24) is 14.4 Å². The summed E-state index contributed by atoms with van der Waals surface area (Å²) in [4.78, 5) is 32.8. The van der Waals surface area contributed by atoms with Crippen LogP contribution in [0.1, 0.15) is 46.3 Å². The molecule has 2 heterocycles. The highest BCUT2D eigenvalue weighted by Gasteiger charge is 2.18. The van der Waals surface area contributed by atoms with Gasteiger partial charge in [-0.1, -0.05) is 36.5 Å². The number of unbranched alkanes of at least 4 members (excludes halogenated alkanes) is 1. The maximum absolute atomic E-state index is 12.7. The molecule has 2 amide bonds. The molecule has 0 saturated heterocycles. The summed E-state index contributed by atoms with van der Waals surface area (Å²) in [6, 6.07) is 6.37. The van der Waals surface area contributed by atoms with E-state index in [2.05, 4.69) is 22.2 Å². The quantitative estimate of drug-likeness (QED) is 0.651. The SMILES string of the molecule is CCCCc1cc(NC(=O)c2ccc(Cl)cc2Cl)n2cnc(C(N)=O)c2n1. The Kier molecular flexibility index (Phi) is 5.62. The molecule has 0 unspecified atom stereocenters. The molecule has 27 heavy (non-hydrogen) atoms. The van der Waals surface area contributed by atoms with Crippen LogP contribution in [0, 0.1) is 0 Å². The van der Waals surface area contributed by atoms with E-state index in [-0.39, 0.29) is 16.3 Å². The first kappa shape index (κ1) is 19.1. The Balaban J connectivity index is 2.03. The van der Waals surface area contributed by atoms with Gasteiger partial charge in [-0.3, -0.25) is 14.0 Å². The van der Waals surface area contributed by atoms with Crippen molar-refractivity contribution in [3.63, 3.8) is 0 Å². The number of nitrogens with zero attached hydrogens (tertiary/aromatic N) is 3. The molecule has 1 aromatic carbocycles. The number of nitrogens with two attached hydrogens (primary N) is 1. The van der Waals surface area contributed by atoms with E-state index in [1.807, 2.05) is 0 Å². The summed E-state index contributed by atoms with van der Waals surface area (Å²) in [5, 5.41) is 3.47. The van der Waals surface area contributed by atoms with Crippen LogP contribution in [0.5, 0.6) is 0 Å². The van der Waals surface area contributed by atoms with Crippen molar-refractivity contribution in [3.8, 4) is 0 Å². The number of fused-ring (bicyclic) bond motifs is 1. The van der Waals surface area contributed by atoms with Crippen molar-refractivity contribution in [2.24, 2.45) is 5.73 Å². The number of hydrogen-bond donors (Lipinski definition) is 2. The maximum atomic E-state index is 12.7. The summed E-state index contributed by atoms with van der Waals surface area (Å²) in [5.74, 6) is -0.683. The van der Waals surface area contributed by atoms with Gasteiger partial charge in [-0.2, -0.15) is 0 Å². The Bertz CT molecular complexity index is 1030. The van der Waals surface area contributed by atoms with Gasteiger partial charge in [0, 0.05) is 16.8 Å². The van der Waals surface area contributed by atoms with Crippen molar-refractivity contribution >= 4 is 46.5 Å². The van der Waals surface area contributed by atoms with Gasteiger partial charge in [-0.25, -0.2) is 9.97 Å². The van der Waals surface area contributed by atoms with E-state index in [0.717, 1.165) is 18.5 Å². The van der Waals surface area contributed by atoms with E-state index < -0.39 is 11.8 Å². The zero-order valence-corrected chi connectivity index (χ0v) is 16.0. The number of nitrogens with one attached hydrogen (secondary N) is 1. The fraction of sp³-hybridized carbons (Fsp3) is 0.222. The van der Waals surface area contributed by atoms with Gasteiger partial charge >= 0.3 is 0 Å². The second-order valence-corrected chi connectivity index (χ2v) is 6.81. The molecule has 0 saturated carbocycles. The number of anilines is 1. The molecule has 3 N–H and O–H groups in total. The highest BCUT2D eigenvalue weighted by atomic mass is 35.5. The van der Waals surface area contributed by atoms with E-state index in [1.165, 1.54) is 16.8 Å². The van der Waals surface area contributed by atoms with Gasteiger partial charge in [0.05, 0.1) is 10.6 Å². The van der Waals surface area contributed by atoms with Crippen LogP contribution in [0.3, 0.4) is 0 Å². The van der Waals surface area contributed by atoms with Crippen LogP contribution in [0.4, 0.5) is 5.82 Å². The van der Waals surface area contributed by atoms with Gasteiger partial charge in [-0.15, -0.1) is 0 Å². The van der Waals surface area contributed by atoms with Crippen LogP contribution < -0.4 is 11.1 Å². The topological polar surface area (TPSA) is 102 Å². The number of benzene rings is 1. The van der Waals surface area contributed by atoms with Crippen LogP contribution >= 0.6 is 23.2 Å². The van der Waals surface area contributed by atoms with Crippen molar-refractivity contribution in [1.29, 1.82) is 0 Å². The lowest BCUT2D eigenvalue weighted by Crippen LogP contribution is -2.16. The van der Waals surface area contributed by atoms with Crippen LogP contribution in [0.15, 0.2) is 30.6 Å². The molecule has 0 radical (unpaired) electrons. The number of imidazole rings is 1. The predicted molar refractivity (Wildman–Crippen MR) is 105 cm³/mol. The second-order valence-electron chi connectivity index (χ2n) is 5.97. The molecule has 0 fully saturated rings. The van der Waals surface area contributed by atoms with E-state index in [1.54, 1.807) is 18.2 Å². The highest BCUT2D eigenvalue weighted by molar-refractivity contribution is 6.37. The summed E-state index contributed by atoms with van der Waals surface area (Å²) in [6.07, 6.45) is 3.99. The first-order chi connectivity index (χ1) is 12.9. The average molecular weight is 406 g/mol. The number of halogens is 2. The minimum Gasteiger partial charge on any atom is -0.364 e. The lowest BCUT2D eigenvalue weighted by atomic mass is 10.2. The minimum absolute atomic E-state index is 0.0494. The monoisotopic (exact) mass is 405 g/mol. The molecule has 0 spiro atoms. The maximum Gasteiger partial charge on any atom is 0.271 e. The van der Waals surface area contributed by atoms with Gasteiger partial charge in [0.2, 0.25) is 0 Å². The van der Waals surface area contributed by atoms with Crippen molar-refractivity contribution in [2.45, 2.75) is 26.2 Å². The van der Waals surface area contributed by atoms with Crippen LogP contribution in [-0.2, 0) is 6.42 Å². The summed E-state index contributed by atoms with van der Waals surface area (Å²) in [6.45, 7) is 2.07. The smallest absolute Gasteiger partial charge is 0.271 e. The first-order valence-electron chi connectivity index (χ1n) is 8.34. The summed E-state index contributed by atoms with van der Waals surface area (Å²) in [5.41, 5.74) is 6.73. The number of primary amides is 1. The average Bonchev–Trinajstić information content (AvgIpc) is 3.04. The van der Waals surface area contributed by atoms with Crippen molar-refractivity contribution in [3.05, 3.63) is 57.6 Å². The zero-order valence-electron chi connectivity index (χ0n) is 14.5. The molecule has 0 bridgehead atoms. The third kappa shape index (κ3) is 4.04. The zero-order chi connectivity index (χ0) is 19.6. The molecule has 2 aromatic heterocycles. The van der Waals surface area contributed by atoms with E-state index in [0.29, 0.717) is 22.9 Å². The number of aryl methyl sites for hydroxylation is 1. The summed E-state index contributed by atoms with van der Waals surface area (Å²) in [7, 11) is 0. The number of carbonyl (C=O) groups is 2. The van der Waals surface area contributed by atoms with Gasteiger partial charge in [-0.05, 0) is 31.0 Å². The number of aromatic nitrogens is 3. The van der Waals surface area contributed by atoms with E-state index >= 15 is 0 Å². The minimum atomic E-state index is -0.685. The van der Waals surface area contributed by atoms with Crippen LogP contribution in [0.2, 0.25) is 10.0 Å². The lowest BCUT2D eigenvalue weighted by molar-refractivity contribution is 0.0995. The van der Waals surface area contributed by atoms with E-state index in [4.69, 9.17) is 28.9 Å². The standard InChI is InChI=1S/C18H17Cl2N5O2/c1-2-3-4-11-8-14(25-9-22-15(16(21)26)17(25)23-11)24-18(27)12-6-5-10(19)7-13(12)20/h5-9H,2-4H2,1H3,(H2,21,26)(H,24,27). The molecule has 3 aromatic rings. The highest BCUT2D eigenvalue weighted by Crippen LogP contribution is 2.23. The normalized spacial score (nSPS) is 10.9. The first-order valence-corrected chi connectivity index (χ1v) is 9.09. The third-order valence-electron chi connectivity index (χ3n) is 3.99. The summed E-state index contributed by atoms with van der Waals surface area (Å²) < 4.78 is 1.51. The van der Waals surface area contributed by atoms with Crippen molar-refractivity contribution in [2.75, 3.05) is 5.32 Å². The van der Waals surface area contributed by atoms with Gasteiger partial charge in [0.25, 0.3) is 11.8 Å². The predicted octanol–water partition coefficient (Wildman–Crippen LogP) is 3.73. The van der Waals surface area contributed by atoms with Gasteiger partial charge < -0.3 is 11.1 Å². The van der Waals surface area contributed by atoms with Crippen molar-refractivity contribution < 1.29 is 9.59 Å². The molecule has 9 heteroatoms. The molecule has 140 valence electrons. The van der Waals surface area contributed by atoms with Gasteiger partial charge in [0.15, 0.2) is 11.3 Å². The molecule has 0 aliphatic rings. The van der Waals surface area contributed by atoms with E-state index in [9.17, 15) is 9.59 Å².